The van der Waals surface area contributed by atoms with Crippen molar-refractivity contribution in [1.82, 2.24) is 5.43 Å². The van der Waals surface area contributed by atoms with Gasteiger partial charge in [-0.05, 0) is 65.8 Å². The van der Waals surface area contributed by atoms with E-state index >= 15 is 0 Å². The second-order valence-electron chi connectivity index (χ2n) is 7.03. The number of aryl methyl sites for hydroxylation is 1. The van der Waals surface area contributed by atoms with Crippen molar-refractivity contribution in [3.8, 4) is 11.8 Å². The fraction of sp³-hybridized carbons (Fsp3) is 0.261. The van der Waals surface area contributed by atoms with E-state index in [1.54, 1.807) is 13.3 Å². The van der Waals surface area contributed by atoms with Gasteiger partial charge in [-0.25, -0.2) is 5.43 Å². The fourth-order valence-electron chi connectivity index (χ4n) is 3.38. The number of rotatable bonds is 5. The molecule has 1 N–H and O–H groups in total. The average Bonchev–Trinajstić information content (AvgIpc) is 2.74. The van der Waals surface area contributed by atoms with Gasteiger partial charge >= 0.3 is 0 Å². The number of nitrogens with zero attached hydrogens (tertiary/aromatic N) is 3. The smallest absolute Gasteiger partial charge is 0.282 e. The molecule has 148 valence electrons. The number of hydrazone groups is 1. The molecule has 0 fully saturated rings. The van der Waals surface area contributed by atoms with Crippen LogP contribution in [-0.2, 0) is 11.2 Å². The molecule has 0 aliphatic heterocycles. The van der Waals surface area contributed by atoms with Gasteiger partial charge in [0.05, 0.1) is 13.3 Å². The highest BCUT2D eigenvalue weighted by atomic mass is 16.5. The topological polar surface area (TPSA) is 77.7 Å². The number of allylic oxidation sites excluding steroid dienone is 1. The SMILES string of the molecule is COc1ccc2c(c1)CCCC2=C(C#N)C(=O)NN=Cc1ccc(N(C)C)cc1. The van der Waals surface area contributed by atoms with Crippen molar-refractivity contribution in [2.75, 3.05) is 26.1 Å². The number of methoxy groups -OCH3 is 1. The van der Waals surface area contributed by atoms with Crippen LogP contribution in [0.2, 0.25) is 0 Å². The maximum atomic E-state index is 12.6. The molecular weight excluding hydrogens is 364 g/mol. The first-order valence-corrected chi connectivity index (χ1v) is 9.45. The molecule has 1 amide bonds. The molecule has 0 heterocycles. The number of amides is 1. The molecule has 6 nitrogen and oxygen atoms in total. The molecule has 6 heteroatoms. The summed E-state index contributed by atoms with van der Waals surface area (Å²) < 4.78 is 5.28. The minimum atomic E-state index is -0.493. The van der Waals surface area contributed by atoms with Crippen molar-refractivity contribution in [3.05, 3.63) is 64.7 Å². The first-order valence-electron chi connectivity index (χ1n) is 9.45. The highest BCUT2D eigenvalue weighted by Gasteiger charge is 2.22. The number of anilines is 1. The lowest BCUT2D eigenvalue weighted by Crippen LogP contribution is -2.21. The second-order valence-corrected chi connectivity index (χ2v) is 7.03. The first kappa shape index (κ1) is 20.2. The summed E-state index contributed by atoms with van der Waals surface area (Å²) >= 11 is 0. The summed E-state index contributed by atoms with van der Waals surface area (Å²) in [6, 6.07) is 15.6. The second kappa shape index (κ2) is 9.07. The zero-order chi connectivity index (χ0) is 20.8. The Morgan fingerprint density at radius 1 is 1.21 bits per heavy atom. The monoisotopic (exact) mass is 388 g/mol. The van der Waals surface area contributed by atoms with Crippen LogP contribution < -0.4 is 15.1 Å². The summed E-state index contributed by atoms with van der Waals surface area (Å²) in [6.07, 6.45) is 4.04. The Kier molecular flexibility index (Phi) is 6.30. The van der Waals surface area contributed by atoms with E-state index in [9.17, 15) is 10.1 Å². The molecule has 0 radical (unpaired) electrons. The molecule has 0 atom stereocenters. The average molecular weight is 388 g/mol. The van der Waals surface area contributed by atoms with Gasteiger partial charge in [0.15, 0.2) is 0 Å². The molecule has 3 rings (SSSR count). The van der Waals surface area contributed by atoms with Gasteiger partial charge in [-0.2, -0.15) is 10.4 Å². The Bertz CT molecular complexity index is 999. The van der Waals surface area contributed by atoms with E-state index in [-0.39, 0.29) is 5.57 Å². The Morgan fingerprint density at radius 2 is 1.97 bits per heavy atom. The third-order valence-electron chi connectivity index (χ3n) is 4.94. The van der Waals surface area contributed by atoms with Crippen molar-refractivity contribution >= 4 is 23.4 Å². The van der Waals surface area contributed by atoms with Gasteiger partial charge in [-0.3, -0.25) is 4.79 Å². The van der Waals surface area contributed by atoms with Crippen LogP contribution in [0.3, 0.4) is 0 Å². The molecule has 2 aromatic carbocycles. The Balaban J connectivity index is 1.78. The van der Waals surface area contributed by atoms with Crippen LogP contribution in [0.15, 0.2) is 53.1 Å². The van der Waals surface area contributed by atoms with Crippen molar-refractivity contribution in [3.63, 3.8) is 0 Å². The van der Waals surface area contributed by atoms with E-state index in [1.165, 1.54) is 0 Å². The van der Waals surface area contributed by atoms with Gasteiger partial charge in [0.25, 0.3) is 5.91 Å². The number of carbonyl (C=O) groups is 1. The van der Waals surface area contributed by atoms with Gasteiger partial charge in [0, 0.05) is 19.8 Å². The Morgan fingerprint density at radius 3 is 2.62 bits per heavy atom. The van der Waals surface area contributed by atoms with Gasteiger partial charge in [0.1, 0.15) is 17.4 Å². The van der Waals surface area contributed by atoms with Crippen LogP contribution in [0.25, 0.3) is 5.57 Å². The molecule has 0 aromatic heterocycles. The highest BCUT2D eigenvalue weighted by Crippen LogP contribution is 2.35. The predicted octanol–water partition coefficient (Wildman–Crippen LogP) is 3.52. The van der Waals surface area contributed by atoms with Crippen molar-refractivity contribution in [1.29, 1.82) is 5.26 Å². The number of nitriles is 1. The minimum absolute atomic E-state index is 0.108. The predicted molar refractivity (Wildman–Crippen MR) is 115 cm³/mol. The van der Waals surface area contributed by atoms with E-state index in [2.05, 4.69) is 16.6 Å². The minimum Gasteiger partial charge on any atom is -0.497 e. The van der Waals surface area contributed by atoms with E-state index < -0.39 is 5.91 Å². The van der Waals surface area contributed by atoms with E-state index in [0.29, 0.717) is 6.42 Å². The van der Waals surface area contributed by atoms with Gasteiger partial charge in [-0.15, -0.1) is 0 Å². The third kappa shape index (κ3) is 4.64. The van der Waals surface area contributed by atoms with E-state index in [1.807, 2.05) is 61.5 Å². The van der Waals surface area contributed by atoms with Crippen LogP contribution in [-0.4, -0.2) is 33.3 Å². The molecule has 0 bridgehead atoms. The number of hydrogen-bond donors (Lipinski definition) is 1. The van der Waals surface area contributed by atoms with Crippen molar-refractivity contribution < 1.29 is 9.53 Å². The highest BCUT2D eigenvalue weighted by molar-refractivity contribution is 6.05. The number of ether oxygens (including phenoxy) is 1. The van der Waals surface area contributed by atoms with E-state index in [4.69, 9.17) is 4.74 Å². The molecule has 0 saturated carbocycles. The van der Waals surface area contributed by atoms with Crippen LogP contribution in [0.5, 0.6) is 5.75 Å². The molecule has 1 aliphatic carbocycles. The van der Waals surface area contributed by atoms with Gasteiger partial charge in [-0.1, -0.05) is 18.2 Å². The molecule has 29 heavy (non-hydrogen) atoms. The molecule has 0 spiro atoms. The van der Waals surface area contributed by atoms with E-state index in [0.717, 1.165) is 46.5 Å². The summed E-state index contributed by atoms with van der Waals surface area (Å²) in [4.78, 5) is 14.6. The summed E-state index contributed by atoms with van der Waals surface area (Å²) in [6.45, 7) is 0. The van der Waals surface area contributed by atoms with Crippen molar-refractivity contribution in [2.24, 2.45) is 5.10 Å². The van der Waals surface area contributed by atoms with Gasteiger partial charge in [0.2, 0.25) is 0 Å². The molecule has 1 aliphatic rings. The summed E-state index contributed by atoms with van der Waals surface area (Å²) in [5.74, 6) is 0.283. The number of nitrogens with one attached hydrogen (secondary N) is 1. The van der Waals surface area contributed by atoms with Crippen LogP contribution >= 0.6 is 0 Å². The zero-order valence-corrected chi connectivity index (χ0v) is 16.9. The van der Waals surface area contributed by atoms with Gasteiger partial charge < -0.3 is 9.64 Å². The quantitative estimate of drug-likeness (QED) is 0.368. The number of hydrogen-bond acceptors (Lipinski definition) is 5. The Labute approximate surface area is 171 Å². The van der Waals surface area contributed by atoms with Crippen LogP contribution in [0.4, 0.5) is 5.69 Å². The van der Waals surface area contributed by atoms with Crippen LogP contribution in [0.1, 0.15) is 29.5 Å². The normalized spacial score (nSPS) is 14.7. The molecule has 0 unspecified atom stereocenters. The number of fused-ring (bicyclic) bond motifs is 1. The standard InChI is InChI=1S/C23H24N4O2/c1-27(2)18-9-7-16(8-10-18)15-25-26-23(28)22(14-24)21-6-4-5-17-13-19(29-3)11-12-20(17)21/h7-13,15H,4-6H2,1-3H3,(H,26,28). The lowest BCUT2D eigenvalue weighted by molar-refractivity contribution is -0.117. The lowest BCUT2D eigenvalue weighted by Gasteiger charge is -2.20. The molecule has 2 aromatic rings. The summed E-state index contributed by atoms with van der Waals surface area (Å²) in [5.41, 5.74) is 7.32. The summed E-state index contributed by atoms with van der Waals surface area (Å²) in [5, 5.41) is 13.6. The summed E-state index contributed by atoms with van der Waals surface area (Å²) in [7, 11) is 5.57. The molecule has 0 saturated heterocycles. The van der Waals surface area contributed by atoms with Crippen LogP contribution in [0, 0.1) is 11.3 Å². The number of benzene rings is 2. The zero-order valence-electron chi connectivity index (χ0n) is 16.9. The Hall–Kier alpha value is -3.59. The largest absolute Gasteiger partial charge is 0.497 e. The third-order valence-corrected chi connectivity index (χ3v) is 4.94. The lowest BCUT2D eigenvalue weighted by atomic mass is 9.84. The first-order chi connectivity index (χ1) is 14.0. The number of carbonyl (C=O) groups excluding carboxylic acids is 1. The molecular formula is C23H24N4O2. The maximum absolute atomic E-state index is 12.6. The van der Waals surface area contributed by atoms with Crippen molar-refractivity contribution in [2.45, 2.75) is 19.3 Å². The fourth-order valence-corrected chi connectivity index (χ4v) is 3.38. The maximum Gasteiger partial charge on any atom is 0.282 e.